The van der Waals surface area contributed by atoms with Crippen LogP contribution in [0.1, 0.15) is 27.7 Å². The molecule has 0 heterocycles. The fourth-order valence-corrected chi connectivity index (χ4v) is 1.77. The Balaban J connectivity index is 2.74. The molecule has 0 aromatic heterocycles. The molecule has 0 radical (unpaired) electrons. The van der Waals surface area contributed by atoms with Crippen LogP contribution in [0.5, 0.6) is 0 Å². The summed E-state index contributed by atoms with van der Waals surface area (Å²) in [5.41, 5.74) is 7.32. The van der Waals surface area contributed by atoms with Crippen LogP contribution >= 0.6 is 0 Å². The molecule has 4 heteroatoms. The van der Waals surface area contributed by atoms with Crippen molar-refractivity contribution in [2.45, 2.75) is 33.2 Å². The first-order valence-electron chi connectivity index (χ1n) is 6.24. The molecular weight excluding hydrogens is 226 g/mol. The molecule has 0 fully saturated rings. The first-order chi connectivity index (χ1) is 8.33. The summed E-state index contributed by atoms with van der Waals surface area (Å²) in [7, 11) is 0. The molecule has 18 heavy (non-hydrogen) atoms. The van der Waals surface area contributed by atoms with Crippen molar-refractivity contribution in [1.29, 1.82) is 0 Å². The van der Waals surface area contributed by atoms with Crippen LogP contribution in [0.25, 0.3) is 0 Å². The molecule has 0 aliphatic rings. The molecule has 100 valence electrons. The van der Waals surface area contributed by atoms with Crippen LogP contribution in [0.4, 0.5) is 11.4 Å². The Labute approximate surface area is 109 Å². The van der Waals surface area contributed by atoms with E-state index in [1.807, 2.05) is 56.9 Å². The van der Waals surface area contributed by atoms with E-state index in [9.17, 15) is 4.79 Å². The number of nitrogens with zero attached hydrogens (tertiary/aromatic N) is 1. The molecule has 4 nitrogen and oxygen atoms in total. The summed E-state index contributed by atoms with van der Waals surface area (Å²) < 4.78 is 0. The lowest BCUT2D eigenvalue weighted by molar-refractivity contribution is -0.121. The van der Waals surface area contributed by atoms with Gasteiger partial charge in [0.2, 0.25) is 5.91 Å². The van der Waals surface area contributed by atoms with Gasteiger partial charge in [-0.3, -0.25) is 4.79 Å². The second-order valence-corrected chi connectivity index (χ2v) is 5.37. The third-order valence-electron chi connectivity index (χ3n) is 2.51. The molecule has 0 spiro atoms. The number of hydrogen-bond acceptors (Lipinski definition) is 3. The molecule has 1 rings (SSSR count). The van der Waals surface area contributed by atoms with Crippen LogP contribution in [-0.2, 0) is 4.79 Å². The summed E-state index contributed by atoms with van der Waals surface area (Å²) in [4.78, 5) is 13.9. The van der Waals surface area contributed by atoms with Crippen LogP contribution in [0.3, 0.4) is 0 Å². The Morgan fingerprint density at radius 1 is 1.33 bits per heavy atom. The zero-order chi connectivity index (χ0) is 13.8. The number of para-hydroxylation sites is 2. The van der Waals surface area contributed by atoms with Crippen LogP contribution in [-0.4, -0.2) is 24.5 Å². The first-order valence-corrected chi connectivity index (χ1v) is 6.24. The fraction of sp³-hybridized carbons (Fsp3) is 0.500. The number of likely N-dealkylation sites (N-methyl/N-ethyl adjacent to an activating group) is 1. The Bertz CT molecular complexity index is 410. The number of nitrogens with two attached hydrogens (primary N) is 1. The topological polar surface area (TPSA) is 58.4 Å². The van der Waals surface area contributed by atoms with E-state index in [-0.39, 0.29) is 11.4 Å². The summed E-state index contributed by atoms with van der Waals surface area (Å²) >= 11 is 0. The highest BCUT2D eigenvalue weighted by Crippen LogP contribution is 2.21. The lowest BCUT2D eigenvalue weighted by Gasteiger charge is -2.27. The molecule has 0 bridgehead atoms. The third-order valence-corrected chi connectivity index (χ3v) is 2.51. The highest BCUT2D eigenvalue weighted by molar-refractivity contribution is 5.83. The first kappa shape index (κ1) is 14.4. The van der Waals surface area contributed by atoms with Crippen molar-refractivity contribution in [3.05, 3.63) is 24.3 Å². The Morgan fingerprint density at radius 3 is 2.44 bits per heavy atom. The number of rotatable bonds is 4. The fourth-order valence-electron chi connectivity index (χ4n) is 1.77. The van der Waals surface area contributed by atoms with Gasteiger partial charge in [-0.2, -0.15) is 0 Å². The van der Waals surface area contributed by atoms with Crippen LogP contribution in [0, 0.1) is 0 Å². The molecule has 0 aliphatic heterocycles. The number of hydrogen-bond donors (Lipinski definition) is 2. The predicted molar refractivity (Wildman–Crippen MR) is 76.6 cm³/mol. The molecule has 1 aromatic rings. The van der Waals surface area contributed by atoms with Gasteiger partial charge in [-0.15, -0.1) is 0 Å². The van der Waals surface area contributed by atoms with E-state index >= 15 is 0 Å². The van der Waals surface area contributed by atoms with Gasteiger partial charge in [0.1, 0.15) is 0 Å². The van der Waals surface area contributed by atoms with Crippen LogP contribution in [0.15, 0.2) is 24.3 Å². The molecule has 1 amide bonds. The van der Waals surface area contributed by atoms with E-state index in [0.29, 0.717) is 12.2 Å². The smallest absolute Gasteiger partial charge is 0.239 e. The summed E-state index contributed by atoms with van der Waals surface area (Å²) in [6.07, 6.45) is 0. The lowest BCUT2D eigenvalue weighted by atomic mass is 10.1. The molecular formula is C14H23N3O. The van der Waals surface area contributed by atoms with Crippen molar-refractivity contribution >= 4 is 17.3 Å². The highest BCUT2D eigenvalue weighted by Gasteiger charge is 2.17. The van der Waals surface area contributed by atoms with Gasteiger partial charge in [-0.05, 0) is 39.8 Å². The second kappa shape index (κ2) is 5.76. The average molecular weight is 249 g/mol. The van der Waals surface area contributed by atoms with Gasteiger partial charge in [0.25, 0.3) is 0 Å². The maximum Gasteiger partial charge on any atom is 0.239 e. The SMILES string of the molecule is CCN(CC(=O)NC(C)(C)C)c1ccccc1N. The molecule has 0 atom stereocenters. The average Bonchev–Trinajstić information content (AvgIpc) is 2.24. The van der Waals surface area contributed by atoms with Gasteiger partial charge in [0.05, 0.1) is 17.9 Å². The molecule has 0 saturated heterocycles. The maximum absolute atomic E-state index is 11.9. The van der Waals surface area contributed by atoms with Gasteiger partial charge < -0.3 is 16.0 Å². The molecule has 0 aliphatic carbocycles. The van der Waals surface area contributed by atoms with Crippen molar-refractivity contribution in [1.82, 2.24) is 5.32 Å². The molecule has 3 N–H and O–H groups in total. The second-order valence-electron chi connectivity index (χ2n) is 5.37. The number of benzene rings is 1. The number of amides is 1. The van der Waals surface area contributed by atoms with Gasteiger partial charge >= 0.3 is 0 Å². The standard InChI is InChI=1S/C14H23N3O/c1-5-17(10-13(18)16-14(2,3)4)12-9-7-6-8-11(12)15/h6-9H,5,10,15H2,1-4H3,(H,16,18). The number of anilines is 2. The van der Waals surface area contributed by atoms with Gasteiger partial charge in [-0.1, -0.05) is 12.1 Å². The van der Waals surface area contributed by atoms with E-state index in [4.69, 9.17) is 5.73 Å². The lowest BCUT2D eigenvalue weighted by Crippen LogP contribution is -2.46. The minimum atomic E-state index is -0.210. The number of carbonyl (C=O) groups excluding carboxylic acids is 1. The minimum absolute atomic E-state index is 0.00704. The van der Waals surface area contributed by atoms with Crippen molar-refractivity contribution in [3.8, 4) is 0 Å². The molecule has 0 unspecified atom stereocenters. The van der Waals surface area contributed by atoms with E-state index in [2.05, 4.69) is 5.32 Å². The zero-order valence-corrected chi connectivity index (χ0v) is 11.7. The maximum atomic E-state index is 11.9. The number of nitrogens with one attached hydrogen (secondary N) is 1. The quantitative estimate of drug-likeness (QED) is 0.803. The largest absolute Gasteiger partial charge is 0.397 e. The van der Waals surface area contributed by atoms with E-state index in [1.54, 1.807) is 0 Å². The minimum Gasteiger partial charge on any atom is -0.397 e. The summed E-state index contributed by atoms with van der Waals surface area (Å²) in [5, 5.41) is 2.95. The van der Waals surface area contributed by atoms with Crippen molar-refractivity contribution < 1.29 is 4.79 Å². The number of carbonyl (C=O) groups is 1. The van der Waals surface area contributed by atoms with E-state index < -0.39 is 0 Å². The van der Waals surface area contributed by atoms with Crippen molar-refractivity contribution in [2.75, 3.05) is 23.7 Å². The molecule has 0 saturated carbocycles. The van der Waals surface area contributed by atoms with E-state index in [1.165, 1.54) is 0 Å². The zero-order valence-electron chi connectivity index (χ0n) is 11.7. The summed E-state index contributed by atoms with van der Waals surface area (Å²) in [5.74, 6) is 0.00704. The number of nitrogen functional groups attached to an aromatic ring is 1. The predicted octanol–water partition coefficient (Wildman–Crippen LogP) is 2.01. The molecule has 1 aromatic carbocycles. The highest BCUT2D eigenvalue weighted by atomic mass is 16.2. The summed E-state index contributed by atoms with van der Waals surface area (Å²) in [6.45, 7) is 8.98. The van der Waals surface area contributed by atoms with Crippen molar-refractivity contribution in [2.24, 2.45) is 0 Å². The van der Waals surface area contributed by atoms with Crippen LogP contribution < -0.4 is 16.0 Å². The van der Waals surface area contributed by atoms with Gasteiger partial charge in [0, 0.05) is 12.1 Å². The van der Waals surface area contributed by atoms with Gasteiger partial charge in [-0.25, -0.2) is 0 Å². The summed E-state index contributed by atoms with van der Waals surface area (Å²) in [6, 6.07) is 7.60. The Morgan fingerprint density at radius 2 is 1.94 bits per heavy atom. The Hall–Kier alpha value is -1.71. The van der Waals surface area contributed by atoms with Crippen molar-refractivity contribution in [3.63, 3.8) is 0 Å². The van der Waals surface area contributed by atoms with Crippen LogP contribution in [0.2, 0.25) is 0 Å². The third kappa shape index (κ3) is 4.28. The monoisotopic (exact) mass is 249 g/mol. The van der Waals surface area contributed by atoms with E-state index in [0.717, 1.165) is 12.2 Å². The van der Waals surface area contributed by atoms with Gasteiger partial charge in [0.15, 0.2) is 0 Å². The Kier molecular flexibility index (Phi) is 4.59. The normalized spacial score (nSPS) is 11.1.